The van der Waals surface area contributed by atoms with Crippen molar-refractivity contribution in [2.75, 3.05) is 13.1 Å². The van der Waals surface area contributed by atoms with Crippen molar-refractivity contribution in [3.8, 4) is 0 Å². The molecule has 0 aromatic heterocycles. The lowest BCUT2D eigenvalue weighted by molar-refractivity contribution is -0.123. The van der Waals surface area contributed by atoms with Crippen molar-refractivity contribution >= 4 is 18.3 Å². The van der Waals surface area contributed by atoms with E-state index in [0.29, 0.717) is 17.9 Å². The number of amides is 1. The van der Waals surface area contributed by atoms with Gasteiger partial charge in [0.1, 0.15) is 0 Å². The molecule has 1 aliphatic heterocycles. The molecule has 1 amide bonds. The van der Waals surface area contributed by atoms with Gasteiger partial charge in [-0.15, -0.1) is 12.4 Å². The van der Waals surface area contributed by atoms with Crippen LogP contribution in [-0.4, -0.2) is 25.0 Å². The summed E-state index contributed by atoms with van der Waals surface area (Å²) in [6.07, 6.45) is 10.9. The molecule has 0 aromatic rings. The van der Waals surface area contributed by atoms with Gasteiger partial charge in [-0.1, -0.05) is 25.7 Å². The second-order valence-electron chi connectivity index (χ2n) is 5.65. The summed E-state index contributed by atoms with van der Waals surface area (Å²) < 4.78 is 0. The van der Waals surface area contributed by atoms with Crippen LogP contribution in [0, 0.1) is 5.92 Å². The van der Waals surface area contributed by atoms with Crippen LogP contribution < -0.4 is 10.6 Å². The molecular formula is C14H27ClN2O. The van der Waals surface area contributed by atoms with Crippen LogP contribution in [0.3, 0.4) is 0 Å². The molecule has 4 heteroatoms. The molecular weight excluding hydrogens is 248 g/mol. The van der Waals surface area contributed by atoms with Crippen LogP contribution in [0.1, 0.15) is 57.8 Å². The Morgan fingerprint density at radius 1 is 1.00 bits per heavy atom. The second-order valence-corrected chi connectivity index (χ2v) is 5.65. The first kappa shape index (κ1) is 15.8. The third kappa shape index (κ3) is 5.57. The van der Waals surface area contributed by atoms with Crippen LogP contribution in [0.4, 0.5) is 0 Å². The van der Waals surface area contributed by atoms with Gasteiger partial charge in [0.15, 0.2) is 0 Å². The standard InChI is InChI=1S/C14H26N2O.ClH/c17-14(16-13-7-9-15-10-8-13)11-12-5-3-1-2-4-6-12;/h12-13,15H,1-11H2,(H,16,17);1H. The SMILES string of the molecule is Cl.O=C(CC1CCCCCC1)NC1CCNCC1. The molecule has 1 heterocycles. The molecule has 18 heavy (non-hydrogen) atoms. The normalized spacial score (nSPS) is 22.9. The lowest BCUT2D eigenvalue weighted by atomic mass is 9.96. The van der Waals surface area contributed by atoms with Gasteiger partial charge in [0.05, 0.1) is 0 Å². The summed E-state index contributed by atoms with van der Waals surface area (Å²) in [6.45, 7) is 2.10. The van der Waals surface area contributed by atoms with Gasteiger partial charge >= 0.3 is 0 Å². The maximum atomic E-state index is 12.0. The highest BCUT2D eigenvalue weighted by molar-refractivity contribution is 5.85. The summed E-state index contributed by atoms with van der Waals surface area (Å²) in [6, 6.07) is 0.425. The first-order valence-electron chi connectivity index (χ1n) is 7.34. The van der Waals surface area contributed by atoms with Gasteiger partial charge in [-0.25, -0.2) is 0 Å². The zero-order chi connectivity index (χ0) is 11.9. The Morgan fingerprint density at radius 3 is 2.22 bits per heavy atom. The Morgan fingerprint density at radius 2 is 1.61 bits per heavy atom. The van der Waals surface area contributed by atoms with E-state index in [1.54, 1.807) is 0 Å². The van der Waals surface area contributed by atoms with E-state index in [2.05, 4.69) is 10.6 Å². The molecule has 1 saturated heterocycles. The van der Waals surface area contributed by atoms with Crippen LogP contribution in [0.25, 0.3) is 0 Å². The van der Waals surface area contributed by atoms with Crippen LogP contribution >= 0.6 is 12.4 Å². The first-order chi connectivity index (χ1) is 8.34. The molecule has 2 aliphatic rings. The molecule has 0 atom stereocenters. The average Bonchev–Trinajstić information content (AvgIpc) is 2.59. The van der Waals surface area contributed by atoms with Crippen molar-refractivity contribution in [1.82, 2.24) is 10.6 Å². The van der Waals surface area contributed by atoms with E-state index >= 15 is 0 Å². The van der Waals surface area contributed by atoms with Crippen molar-refractivity contribution in [2.45, 2.75) is 63.8 Å². The molecule has 0 bridgehead atoms. The zero-order valence-electron chi connectivity index (χ0n) is 11.2. The molecule has 1 aliphatic carbocycles. The maximum absolute atomic E-state index is 12.0. The largest absolute Gasteiger partial charge is 0.353 e. The van der Waals surface area contributed by atoms with Crippen LogP contribution in [-0.2, 0) is 4.79 Å². The Hall–Kier alpha value is -0.280. The summed E-state index contributed by atoms with van der Waals surface area (Å²) in [4.78, 5) is 12.0. The summed E-state index contributed by atoms with van der Waals surface area (Å²) in [7, 11) is 0. The van der Waals surface area contributed by atoms with Gasteiger partial charge in [0.2, 0.25) is 5.91 Å². The van der Waals surface area contributed by atoms with Crippen molar-refractivity contribution in [2.24, 2.45) is 5.92 Å². The topological polar surface area (TPSA) is 41.1 Å². The third-order valence-electron chi connectivity index (χ3n) is 4.15. The molecule has 2 fully saturated rings. The number of halogens is 1. The number of rotatable bonds is 3. The van der Waals surface area contributed by atoms with E-state index in [-0.39, 0.29) is 12.4 Å². The van der Waals surface area contributed by atoms with E-state index < -0.39 is 0 Å². The Labute approximate surface area is 117 Å². The van der Waals surface area contributed by atoms with Gasteiger partial charge < -0.3 is 10.6 Å². The maximum Gasteiger partial charge on any atom is 0.220 e. The van der Waals surface area contributed by atoms with Gasteiger partial charge in [-0.2, -0.15) is 0 Å². The highest BCUT2D eigenvalue weighted by Gasteiger charge is 2.19. The molecule has 0 radical (unpaired) electrons. The molecule has 0 aromatic carbocycles. The number of carbonyl (C=O) groups excluding carboxylic acids is 1. The summed E-state index contributed by atoms with van der Waals surface area (Å²) in [5.41, 5.74) is 0. The predicted molar refractivity (Wildman–Crippen MR) is 77.1 cm³/mol. The zero-order valence-corrected chi connectivity index (χ0v) is 12.1. The Kier molecular flexibility index (Phi) is 7.68. The number of carbonyl (C=O) groups is 1. The predicted octanol–water partition coefficient (Wildman–Crippen LogP) is 2.64. The minimum absolute atomic E-state index is 0. The number of piperidine rings is 1. The van der Waals surface area contributed by atoms with Crippen molar-refractivity contribution in [3.63, 3.8) is 0 Å². The van der Waals surface area contributed by atoms with E-state index in [1.165, 1.54) is 38.5 Å². The quantitative estimate of drug-likeness (QED) is 0.777. The fourth-order valence-electron chi connectivity index (χ4n) is 3.08. The van der Waals surface area contributed by atoms with Crippen LogP contribution in [0.15, 0.2) is 0 Å². The highest BCUT2D eigenvalue weighted by atomic mass is 35.5. The smallest absolute Gasteiger partial charge is 0.220 e. The average molecular weight is 275 g/mol. The van der Waals surface area contributed by atoms with Crippen molar-refractivity contribution < 1.29 is 4.79 Å². The number of hydrogen-bond donors (Lipinski definition) is 2. The van der Waals surface area contributed by atoms with Crippen molar-refractivity contribution in [1.29, 1.82) is 0 Å². The van der Waals surface area contributed by atoms with Gasteiger partial charge in [-0.3, -0.25) is 4.79 Å². The minimum atomic E-state index is 0. The van der Waals surface area contributed by atoms with E-state index in [9.17, 15) is 4.79 Å². The number of nitrogens with one attached hydrogen (secondary N) is 2. The van der Waals surface area contributed by atoms with E-state index in [1.807, 2.05) is 0 Å². The Bertz CT molecular complexity index is 234. The summed E-state index contributed by atoms with van der Waals surface area (Å²) >= 11 is 0. The van der Waals surface area contributed by atoms with Gasteiger partial charge in [-0.05, 0) is 44.7 Å². The fraction of sp³-hybridized carbons (Fsp3) is 0.929. The van der Waals surface area contributed by atoms with E-state index in [0.717, 1.165) is 32.4 Å². The lowest BCUT2D eigenvalue weighted by Crippen LogP contribution is -2.43. The summed E-state index contributed by atoms with van der Waals surface area (Å²) in [5, 5.41) is 6.53. The minimum Gasteiger partial charge on any atom is -0.353 e. The second kappa shape index (κ2) is 8.76. The third-order valence-corrected chi connectivity index (χ3v) is 4.15. The molecule has 0 unspecified atom stereocenters. The highest BCUT2D eigenvalue weighted by Crippen LogP contribution is 2.25. The van der Waals surface area contributed by atoms with Crippen LogP contribution in [0.2, 0.25) is 0 Å². The van der Waals surface area contributed by atoms with Crippen LogP contribution in [0.5, 0.6) is 0 Å². The van der Waals surface area contributed by atoms with Gasteiger partial charge in [0.25, 0.3) is 0 Å². The Balaban J connectivity index is 0.00000162. The first-order valence-corrected chi connectivity index (χ1v) is 7.34. The lowest BCUT2D eigenvalue weighted by Gasteiger charge is -2.24. The molecule has 2 rings (SSSR count). The van der Waals surface area contributed by atoms with Gasteiger partial charge in [0, 0.05) is 12.5 Å². The number of hydrogen-bond acceptors (Lipinski definition) is 2. The molecule has 1 saturated carbocycles. The molecule has 2 N–H and O–H groups in total. The monoisotopic (exact) mass is 274 g/mol. The molecule has 106 valence electrons. The molecule has 0 spiro atoms. The van der Waals surface area contributed by atoms with Crippen molar-refractivity contribution in [3.05, 3.63) is 0 Å². The fourth-order valence-corrected chi connectivity index (χ4v) is 3.08. The molecule has 3 nitrogen and oxygen atoms in total. The summed E-state index contributed by atoms with van der Waals surface area (Å²) in [5.74, 6) is 0.947. The van der Waals surface area contributed by atoms with E-state index in [4.69, 9.17) is 0 Å².